The molecule has 2 aromatic carbocycles. The van der Waals surface area contributed by atoms with Crippen molar-refractivity contribution in [3.63, 3.8) is 0 Å². The molecular weight excluding hydrogens is 476 g/mol. The second kappa shape index (κ2) is 13.8. The molecule has 0 aliphatic heterocycles. The topological polar surface area (TPSA) is 76.2 Å². The molecule has 9 heteroatoms. The first-order chi connectivity index (χ1) is 17.4. The maximum Gasteiger partial charge on any atom is 0.270 e. The smallest absolute Gasteiger partial charge is 0.270 e. The summed E-state index contributed by atoms with van der Waals surface area (Å²) in [7, 11) is 8.91. The van der Waals surface area contributed by atoms with Crippen LogP contribution < -0.4 is 19.5 Å². The zero-order chi connectivity index (χ0) is 25.9. The van der Waals surface area contributed by atoms with Crippen molar-refractivity contribution in [3.8, 4) is 17.2 Å². The molecule has 0 radical (unpaired) electrons. The Morgan fingerprint density at radius 3 is 2.31 bits per heavy atom. The average molecular weight is 513 g/mol. The van der Waals surface area contributed by atoms with Crippen molar-refractivity contribution in [1.29, 1.82) is 0 Å². The fourth-order valence-electron chi connectivity index (χ4n) is 3.69. The van der Waals surface area contributed by atoms with Gasteiger partial charge < -0.3 is 24.4 Å². The van der Waals surface area contributed by atoms with Gasteiger partial charge in [-0.15, -0.1) is 11.3 Å². The Kier molecular flexibility index (Phi) is 10.5. The summed E-state index contributed by atoms with van der Waals surface area (Å²) >= 11 is 1.51. The van der Waals surface area contributed by atoms with Gasteiger partial charge in [0.05, 0.1) is 27.9 Å². The summed E-state index contributed by atoms with van der Waals surface area (Å²) in [4.78, 5) is 21.5. The summed E-state index contributed by atoms with van der Waals surface area (Å²) in [6.07, 6.45) is 0.833. The molecule has 8 nitrogen and oxygen atoms in total. The zero-order valence-corrected chi connectivity index (χ0v) is 22.6. The molecule has 36 heavy (non-hydrogen) atoms. The number of ether oxygens (including phenoxy) is 3. The largest absolute Gasteiger partial charge is 0.497 e. The second-order valence-corrected chi connectivity index (χ2v) is 9.63. The van der Waals surface area contributed by atoms with Crippen LogP contribution in [0.25, 0.3) is 0 Å². The van der Waals surface area contributed by atoms with E-state index in [-0.39, 0.29) is 5.91 Å². The highest BCUT2D eigenvalue weighted by Crippen LogP contribution is 2.28. The van der Waals surface area contributed by atoms with Crippen molar-refractivity contribution >= 4 is 17.2 Å². The van der Waals surface area contributed by atoms with Crippen molar-refractivity contribution in [2.24, 2.45) is 0 Å². The Morgan fingerprint density at radius 2 is 1.64 bits per heavy atom. The number of thiazole rings is 1. The van der Waals surface area contributed by atoms with Crippen LogP contribution in [-0.4, -0.2) is 75.7 Å². The standard InChI is InChI=1S/C27H36N4O4S/c1-30(2)15-13-28-27(32)23-19-36-26(29-23)18-31(17-21-6-9-22(33-3)10-7-21)14-12-20-8-11-24(34-4)25(16-20)35-5/h6-11,16,19H,12-15,17-18H2,1-5H3,(H,28,32). The lowest BCUT2D eigenvalue weighted by Crippen LogP contribution is -2.31. The minimum Gasteiger partial charge on any atom is -0.497 e. The molecule has 0 unspecified atom stereocenters. The number of rotatable bonds is 14. The van der Waals surface area contributed by atoms with Crippen LogP contribution in [0.2, 0.25) is 0 Å². The minimum atomic E-state index is -0.133. The predicted octanol–water partition coefficient (Wildman–Crippen LogP) is 3.71. The van der Waals surface area contributed by atoms with E-state index in [9.17, 15) is 4.79 Å². The third-order valence-electron chi connectivity index (χ3n) is 5.72. The number of hydrogen-bond acceptors (Lipinski definition) is 8. The van der Waals surface area contributed by atoms with Crippen molar-refractivity contribution in [1.82, 2.24) is 20.1 Å². The lowest BCUT2D eigenvalue weighted by molar-refractivity contribution is 0.0946. The van der Waals surface area contributed by atoms with Crippen LogP contribution in [0, 0.1) is 0 Å². The van der Waals surface area contributed by atoms with Crippen molar-refractivity contribution in [3.05, 3.63) is 69.7 Å². The number of likely N-dealkylation sites (N-methyl/N-ethyl adjacent to an activating group) is 1. The number of nitrogens with one attached hydrogen (secondary N) is 1. The Hall–Kier alpha value is -3.14. The summed E-state index contributed by atoms with van der Waals surface area (Å²) in [6, 6.07) is 14.1. The van der Waals surface area contributed by atoms with Gasteiger partial charge in [0.15, 0.2) is 11.5 Å². The third-order valence-corrected chi connectivity index (χ3v) is 6.55. The highest BCUT2D eigenvalue weighted by atomic mass is 32.1. The summed E-state index contributed by atoms with van der Waals surface area (Å²) in [5.74, 6) is 2.14. The summed E-state index contributed by atoms with van der Waals surface area (Å²) in [5, 5.41) is 5.67. The number of nitrogens with zero attached hydrogens (tertiary/aromatic N) is 3. The van der Waals surface area contributed by atoms with E-state index in [1.54, 1.807) is 21.3 Å². The Morgan fingerprint density at radius 1 is 0.917 bits per heavy atom. The number of amides is 1. The molecule has 1 heterocycles. The second-order valence-electron chi connectivity index (χ2n) is 8.68. The Balaban J connectivity index is 1.70. The van der Waals surface area contributed by atoms with E-state index in [4.69, 9.17) is 14.2 Å². The molecule has 3 aromatic rings. The Bertz CT molecular complexity index is 1100. The van der Waals surface area contributed by atoms with Crippen molar-refractivity contribution in [2.45, 2.75) is 19.5 Å². The highest BCUT2D eigenvalue weighted by Gasteiger charge is 2.15. The molecule has 0 saturated carbocycles. The quantitative estimate of drug-likeness (QED) is 0.353. The van der Waals surface area contributed by atoms with E-state index in [2.05, 4.69) is 33.4 Å². The van der Waals surface area contributed by atoms with Gasteiger partial charge in [0.1, 0.15) is 16.5 Å². The van der Waals surface area contributed by atoms with Crippen molar-refractivity contribution in [2.75, 3.05) is 55.1 Å². The first kappa shape index (κ1) is 27.4. The lowest BCUT2D eigenvalue weighted by Gasteiger charge is -2.22. The van der Waals surface area contributed by atoms with E-state index in [1.165, 1.54) is 16.9 Å². The SMILES string of the molecule is COc1ccc(CN(CCc2ccc(OC)c(OC)c2)Cc2nc(C(=O)NCCN(C)C)cs2)cc1. The molecule has 0 spiro atoms. The van der Waals surface area contributed by atoms with Gasteiger partial charge in [-0.2, -0.15) is 0 Å². The van der Waals surface area contributed by atoms with Crippen LogP contribution in [0.4, 0.5) is 0 Å². The molecule has 0 fully saturated rings. The van der Waals surface area contributed by atoms with Crippen LogP contribution in [0.5, 0.6) is 17.2 Å². The van der Waals surface area contributed by atoms with Gasteiger partial charge in [-0.05, 0) is 55.9 Å². The molecule has 0 atom stereocenters. The van der Waals surface area contributed by atoms with Gasteiger partial charge in [-0.25, -0.2) is 4.98 Å². The molecule has 1 aromatic heterocycles. The fourth-order valence-corrected chi connectivity index (χ4v) is 4.50. The van der Waals surface area contributed by atoms with Crippen LogP contribution in [0.15, 0.2) is 47.8 Å². The van der Waals surface area contributed by atoms with Gasteiger partial charge in [-0.1, -0.05) is 18.2 Å². The number of methoxy groups -OCH3 is 3. The van der Waals surface area contributed by atoms with Gasteiger partial charge in [0.25, 0.3) is 5.91 Å². The molecule has 0 aliphatic rings. The van der Waals surface area contributed by atoms with Crippen LogP contribution in [-0.2, 0) is 19.5 Å². The molecule has 3 rings (SSSR count). The normalized spacial score (nSPS) is 11.1. The number of aromatic nitrogens is 1. The van der Waals surface area contributed by atoms with Crippen LogP contribution >= 0.6 is 11.3 Å². The summed E-state index contributed by atoms with van der Waals surface area (Å²) < 4.78 is 16.1. The molecule has 0 aliphatic carbocycles. The maximum atomic E-state index is 12.5. The fraction of sp³-hybridized carbons (Fsp3) is 0.407. The number of hydrogen-bond donors (Lipinski definition) is 1. The van der Waals surface area contributed by atoms with E-state index >= 15 is 0 Å². The average Bonchev–Trinajstić information content (AvgIpc) is 3.36. The van der Waals surface area contributed by atoms with Gasteiger partial charge in [0.2, 0.25) is 0 Å². The monoisotopic (exact) mass is 512 g/mol. The molecule has 0 bridgehead atoms. The molecule has 1 amide bonds. The number of benzene rings is 2. The molecule has 1 N–H and O–H groups in total. The Labute approximate surface area is 217 Å². The van der Waals surface area contributed by atoms with Crippen LogP contribution in [0.1, 0.15) is 26.6 Å². The van der Waals surface area contributed by atoms with E-state index < -0.39 is 0 Å². The lowest BCUT2D eigenvalue weighted by atomic mass is 10.1. The van der Waals surface area contributed by atoms with Crippen LogP contribution in [0.3, 0.4) is 0 Å². The zero-order valence-electron chi connectivity index (χ0n) is 21.7. The number of carbonyl (C=O) groups is 1. The van der Waals surface area contributed by atoms with Crippen molar-refractivity contribution < 1.29 is 19.0 Å². The number of carbonyl (C=O) groups excluding carboxylic acids is 1. The highest BCUT2D eigenvalue weighted by molar-refractivity contribution is 7.09. The van der Waals surface area contributed by atoms with E-state index in [1.807, 2.05) is 48.6 Å². The summed E-state index contributed by atoms with van der Waals surface area (Å²) in [6.45, 7) is 3.59. The van der Waals surface area contributed by atoms with Gasteiger partial charge >= 0.3 is 0 Å². The molecule has 0 saturated heterocycles. The first-order valence-electron chi connectivity index (χ1n) is 11.8. The van der Waals surface area contributed by atoms with Gasteiger partial charge in [0, 0.05) is 31.6 Å². The molecule has 194 valence electrons. The van der Waals surface area contributed by atoms with E-state index in [0.717, 1.165) is 53.9 Å². The van der Waals surface area contributed by atoms with Gasteiger partial charge in [-0.3, -0.25) is 9.69 Å². The van der Waals surface area contributed by atoms with E-state index in [0.29, 0.717) is 18.8 Å². The predicted molar refractivity (Wildman–Crippen MR) is 143 cm³/mol. The molecular formula is C27H36N4O4S. The first-order valence-corrected chi connectivity index (χ1v) is 12.7. The maximum absolute atomic E-state index is 12.5. The summed E-state index contributed by atoms with van der Waals surface area (Å²) in [5.41, 5.74) is 2.81. The minimum absolute atomic E-state index is 0.133. The third kappa shape index (κ3) is 8.22.